The Labute approximate surface area is 164 Å². The predicted octanol–water partition coefficient (Wildman–Crippen LogP) is 4.40. The van der Waals surface area contributed by atoms with Crippen LogP contribution in [0.25, 0.3) is 0 Å². The number of carbonyl (C=O) groups is 2. The Balaban J connectivity index is 2.15. The molecule has 0 atom stereocenters. The van der Waals surface area contributed by atoms with Gasteiger partial charge in [-0.2, -0.15) is 0 Å². The molecule has 0 aliphatic rings. The second kappa shape index (κ2) is 9.92. The van der Waals surface area contributed by atoms with E-state index in [0.29, 0.717) is 16.3 Å². The molecule has 1 amide bonds. The van der Waals surface area contributed by atoms with Gasteiger partial charge >= 0.3 is 5.97 Å². The van der Waals surface area contributed by atoms with E-state index in [4.69, 9.17) is 11.6 Å². The summed E-state index contributed by atoms with van der Waals surface area (Å²) in [6.07, 6.45) is 3.78. The van der Waals surface area contributed by atoms with Crippen molar-refractivity contribution in [3.8, 4) is 0 Å². The summed E-state index contributed by atoms with van der Waals surface area (Å²) < 4.78 is 4.68. The standard InChI is InChI=1S/C20H24ClN3O3/c1-4-10-24(11-5-2)15-7-9-17(22-13-15)19(25)23-18-12-14(20(26)27-3)6-8-16(18)21/h6-9,12-13H,4-5,10-11H2,1-3H3,(H,23,25). The van der Waals surface area contributed by atoms with Crippen LogP contribution < -0.4 is 10.2 Å². The highest BCUT2D eigenvalue weighted by atomic mass is 35.5. The zero-order valence-corrected chi connectivity index (χ0v) is 16.5. The smallest absolute Gasteiger partial charge is 0.337 e. The number of aromatic nitrogens is 1. The van der Waals surface area contributed by atoms with E-state index in [1.165, 1.54) is 25.3 Å². The van der Waals surface area contributed by atoms with E-state index >= 15 is 0 Å². The first-order chi connectivity index (χ1) is 13.0. The normalized spacial score (nSPS) is 10.4. The maximum absolute atomic E-state index is 12.5. The number of hydrogen-bond acceptors (Lipinski definition) is 5. The van der Waals surface area contributed by atoms with E-state index in [-0.39, 0.29) is 5.69 Å². The average molecular weight is 390 g/mol. The molecule has 2 aromatic rings. The van der Waals surface area contributed by atoms with Crippen molar-refractivity contribution in [3.63, 3.8) is 0 Å². The van der Waals surface area contributed by atoms with Gasteiger partial charge in [0, 0.05) is 13.1 Å². The lowest BCUT2D eigenvalue weighted by Crippen LogP contribution is -2.25. The van der Waals surface area contributed by atoms with Crippen LogP contribution in [0, 0.1) is 0 Å². The van der Waals surface area contributed by atoms with Crippen LogP contribution in [0.5, 0.6) is 0 Å². The average Bonchev–Trinajstić information content (AvgIpc) is 2.69. The van der Waals surface area contributed by atoms with Gasteiger partial charge in [-0.1, -0.05) is 25.4 Å². The van der Waals surface area contributed by atoms with Crippen molar-refractivity contribution in [2.75, 3.05) is 30.4 Å². The number of anilines is 2. The third kappa shape index (κ3) is 5.44. The molecule has 0 fully saturated rings. The molecule has 0 aliphatic heterocycles. The summed E-state index contributed by atoms with van der Waals surface area (Å²) in [5.41, 5.74) is 1.89. The Morgan fingerprint density at radius 1 is 1.15 bits per heavy atom. The zero-order chi connectivity index (χ0) is 19.8. The molecule has 0 spiro atoms. The number of pyridine rings is 1. The number of methoxy groups -OCH3 is 1. The van der Waals surface area contributed by atoms with Crippen LogP contribution >= 0.6 is 11.6 Å². The third-order valence-electron chi connectivity index (χ3n) is 3.97. The number of amides is 1. The molecule has 0 saturated carbocycles. The van der Waals surface area contributed by atoms with Crippen molar-refractivity contribution in [3.05, 3.63) is 52.8 Å². The summed E-state index contributed by atoms with van der Waals surface area (Å²) in [7, 11) is 1.29. The monoisotopic (exact) mass is 389 g/mol. The molecule has 6 nitrogen and oxygen atoms in total. The lowest BCUT2D eigenvalue weighted by atomic mass is 10.2. The molecule has 0 unspecified atom stereocenters. The lowest BCUT2D eigenvalue weighted by Gasteiger charge is -2.23. The molecule has 1 aromatic heterocycles. The third-order valence-corrected chi connectivity index (χ3v) is 4.30. The molecule has 1 N–H and O–H groups in total. The highest BCUT2D eigenvalue weighted by Gasteiger charge is 2.14. The summed E-state index contributed by atoms with van der Waals surface area (Å²) >= 11 is 6.12. The summed E-state index contributed by atoms with van der Waals surface area (Å²) in [4.78, 5) is 30.6. The van der Waals surface area contributed by atoms with Gasteiger partial charge in [0.15, 0.2) is 0 Å². The van der Waals surface area contributed by atoms with Crippen molar-refractivity contribution < 1.29 is 14.3 Å². The van der Waals surface area contributed by atoms with Gasteiger partial charge in [0.05, 0.1) is 35.3 Å². The van der Waals surface area contributed by atoms with E-state index in [2.05, 4.69) is 33.8 Å². The van der Waals surface area contributed by atoms with E-state index in [0.717, 1.165) is 31.6 Å². The number of halogens is 1. The summed E-state index contributed by atoms with van der Waals surface area (Å²) in [6.45, 7) is 6.14. The first-order valence-corrected chi connectivity index (χ1v) is 9.28. The van der Waals surface area contributed by atoms with Crippen LogP contribution in [0.1, 0.15) is 47.5 Å². The number of nitrogens with zero attached hydrogens (tertiary/aromatic N) is 2. The van der Waals surface area contributed by atoms with Gasteiger partial charge < -0.3 is 15.0 Å². The van der Waals surface area contributed by atoms with Crippen LogP contribution in [0.3, 0.4) is 0 Å². The number of esters is 1. The van der Waals surface area contributed by atoms with Gasteiger partial charge in [-0.3, -0.25) is 4.79 Å². The van der Waals surface area contributed by atoms with Crippen LogP contribution in [0.15, 0.2) is 36.5 Å². The zero-order valence-electron chi connectivity index (χ0n) is 15.8. The second-order valence-electron chi connectivity index (χ2n) is 6.03. The van der Waals surface area contributed by atoms with Crippen LogP contribution in [0.2, 0.25) is 5.02 Å². The number of rotatable bonds is 8. The van der Waals surface area contributed by atoms with Crippen molar-refractivity contribution in [2.45, 2.75) is 26.7 Å². The minimum absolute atomic E-state index is 0.270. The molecule has 0 radical (unpaired) electrons. The molecular formula is C20H24ClN3O3. The Morgan fingerprint density at radius 3 is 2.41 bits per heavy atom. The van der Waals surface area contributed by atoms with E-state index in [1.54, 1.807) is 12.3 Å². The number of carbonyl (C=O) groups excluding carboxylic acids is 2. The molecule has 1 aromatic carbocycles. The van der Waals surface area contributed by atoms with Gasteiger partial charge in [0.1, 0.15) is 5.69 Å². The molecule has 0 saturated heterocycles. The maximum atomic E-state index is 12.5. The van der Waals surface area contributed by atoms with Gasteiger partial charge in [-0.25, -0.2) is 9.78 Å². The number of ether oxygens (including phenoxy) is 1. The molecule has 0 aliphatic carbocycles. The minimum Gasteiger partial charge on any atom is -0.465 e. The topological polar surface area (TPSA) is 71.5 Å². The Hall–Kier alpha value is -2.60. The summed E-state index contributed by atoms with van der Waals surface area (Å²) in [5, 5.41) is 3.01. The van der Waals surface area contributed by atoms with Crippen LogP contribution in [-0.4, -0.2) is 37.1 Å². The Kier molecular flexibility index (Phi) is 7.61. The first-order valence-electron chi connectivity index (χ1n) is 8.90. The van der Waals surface area contributed by atoms with Crippen molar-refractivity contribution in [2.24, 2.45) is 0 Å². The number of nitrogens with one attached hydrogen (secondary N) is 1. The highest BCUT2D eigenvalue weighted by molar-refractivity contribution is 6.34. The lowest BCUT2D eigenvalue weighted by molar-refractivity contribution is 0.0600. The Bertz CT molecular complexity index is 788. The summed E-state index contributed by atoms with van der Waals surface area (Å²) in [5.74, 6) is -0.903. The Morgan fingerprint density at radius 2 is 1.85 bits per heavy atom. The number of hydrogen-bond donors (Lipinski definition) is 1. The van der Waals surface area contributed by atoms with Gasteiger partial charge in [-0.05, 0) is 43.2 Å². The molecule has 144 valence electrons. The van der Waals surface area contributed by atoms with Gasteiger partial charge in [0.2, 0.25) is 0 Å². The van der Waals surface area contributed by atoms with Crippen LogP contribution in [-0.2, 0) is 4.74 Å². The van der Waals surface area contributed by atoms with Gasteiger partial charge in [-0.15, -0.1) is 0 Å². The molecular weight excluding hydrogens is 366 g/mol. The quantitative estimate of drug-likeness (QED) is 0.677. The van der Waals surface area contributed by atoms with E-state index in [9.17, 15) is 9.59 Å². The van der Waals surface area contributed by atoms with Crippen LogP contribution in [0.4, 0.5) is 11.4 Å². The molecule has 0 bridgehead atoms. The fourth-order valence-corrected chi connectivity index (χ4v) is 2.83. The molecule has 1 heterocycles. The van der Waals surface area contributed by atoms with Crippen molar-refractivity contribution >= 4 is 34.9 Å². The van der Waals surface area contributed by atoms with Gasteiger partial charge in [0.25, 0.3) is 5.91 Å². The fourth-order valence-electron chi connectivity index (χ4n) is 2.67. The first kappa shape index (κ1) is 20.7. The fraction of sp³-hybridized carbons (Fsp3) is 0.350. The SMILES string of the molecule is CCCN(CCC)c1ccc(C(=O)Nc2cc(C(=O)OC)ccc2Cl)nc1. The van der Waals surface area contributed by atoms with E-state index < -0.39 is 11.9 Å². The predicted molar refractivity (Wildman–Crippen MR) is 108 cm³/mol. The minimum atomic E-state index is -0.503. The maximum Gasteiger partial charge on any atom is 0.337 e. The second-order valence-corrected chi connectivity index (χ2v) is 6.44. The van der Waals surface area contributed by atoms with E-state index in [1.807, 2.05) is 6.07 Å². The highest BCUT2D eigenvalue weighted by Crippen LogP contribution is 2.24. The molecule has 2 rings (SSSR count). The molecule has 27 heavy (non-hydrogen) atoms. The van der Waals surface area contributed by atoms with Crippen molar-refractivity contribution in [1.29, 1.82) is 0 Å². The summed E-state index contributed by atoms with van der Waals surface area (Å²) in [6, 6.07) is 8.12. The largest absolute Gasteiger partial charge is 0.465 e. The van der Waals surface area contributed by atoms with Crippen molar-refractivity contribution in [1.82, 2.24) is 4.98 Å². The molecule has 7 heteroatoms. The number of benzene rings is 1.